The third kappa shape index (κ3) is 1.19. The van der Waals surface area contributed by atoms with Crippen molar-refractivity contribution in [3.05, 3.63) is 17.7 Å². The van der Waals surface area contributed by atoms with E-state index < -0.39 is 5.91 Å². The molecule has 0 aliphatic carbocycles. The summed E-state index contributed by atoms with van der Waals surface area (Å²) in [6, 6.07) is 0. The summed E-state index contributed by atoms with van der Waals surface area (Å²) in [4.78, 5) is 16.8. The average molecular weight is 169 g/mol. The van der Waals surface area contributed by atoms with Gasteiger partial charge in [-0.05, 0) is 0 Å². The molecule has 0 unspecified atom stereocenters. The third-order valence-corrected chi connectivity index (χ3v) is 1.24. The van der Waals surface area contributed by atoms with E-state index in [2.05, 4.69) is 15.1 Å². The number of carbonyl (C=O) groups is 1. The molecule has 6 N–H and O–H groups in total. The number of primary amides is 1. The molecule has 7 heteroatoms. The molecular weight excluding hydrogens is 162 g/mol. The van der Waals surface area contributed by atoms with Crippen molar-refractivity contribution < 1.29 is 10.0 Å². The number of H-pyrrole nitrogens is 1. The van der Waals surface area contributed by atoms with Crippen LogP contribution in [0.2, 0.25) is 0 Å². The van der Waals surface area contributed by atoms with E-state index in [1.54, 1.807) is 0 Å². The van der Waals surface area contributed by atoms with E-state index in [9.17, 15) is 4.79 Å². The van der Waals surface area contributed by atoms with Gasteiger partial charge in [0, 0.05) is 0 Å². The molecule has 0 spiro atoms. The summed E-state index contributed by atoms with van der Waals surface area (Å²) in [5.41, 5.74) is 10.2. The number of rotatable bonds is 2. The van der Waals surface area contributed by atoms with E-state index in [0.29, 0.717) is 0 Å². The molecule has 0 aliphatic heterocycles. The van der Waals surface area contributed by atoms with Crippen molar-refractivity contribution in [3.63, 3.8) is 0 Å². The number of amidine groups is 1. The van der Waals surface area contributed by atoms with Crippen molar-refractivity contribution in [1.29, 1.82) is 0 Å². The first-order valence-electron chi connectivity index (χ1n) is 2.98. The summed E-state index contributed by atoms with van der Waals surface area (Å²) in [5.74, 6) is -0.973. The second-order valence-electron chi connectivity index (χ2n) is 1.98. The maximum atomic E-state index is 10.7. The highest BCUT2D eigenvalue weighted by molar-refractivity contribution is 6.05. The lowest BCUT2D eigenvalue weighted by atomic mass is 10.3. The summed E-state index contributed by atoms with van der Waals surface area (Å²) in [6.07, 6.45) is 1.23. The molecule has 1 aromatic heterocycles. The quantitative estimate of drug-likeness (QED) is 0.188. The molecule has 12 heavy (non-hydrogen) atoms. The van der Waals surface area contributed by atoms with Crippen molar-refractivity contribution in [3.8, 4) is 0 Å². The molecule has 0 aromatic carbocycles. The van der Waals surface area contributed by atoms with Gasteiger partial charge in [0.2, 0.25) is 0 Å². The van der Waals surface area contributed by atoms with Crippen molar-refractivity contribution in [2.24, 2.45) is 16.6 Å². The second kappa shape index (κ2) is 2.91. The van der Waals surface area contributed by atoms with Crippen LogP contribution in [-0.4, -0.2) is 26.9 Å². The lowest BCUT2D eigenvalue weighted by molar-refractivity contribution is 0.0996. The van der Waals surface area contributed by atoms with E-state index in [1.165, 1.54) is 6.33 Å². The fourth-order valence-corrected chi connectivity index (χ4v) is 0.724. The van der Waals surface area contributed by atoms with Gasteiger partial charge in [0.05, 0.1) is 6.33 Å². The van der Waals surface area contributed by atoms with Crippen LogP contribution in [0.1, 0.15) is 16.2 Å². The number of hydrogen-bond acceptors (Lipinski definition) is 4. The van der Waals surface area contributed by atoms with E-state index in [4.69, 9.17) is 16.7 Å². The standard InChI is InChI=1S/C5H7N5O2/c6-4(10-12)2-3(5(7)11)9-1-8-2/h1,12H,(H2,6,10)(H2,7,11)(H,8,9). The molecule has 0 radical (unpaired) electrons. The van der Waals surface area contributed by atoms with E-state index in [1.807, 2.05) is 0 Å². The minimum Gasteiger partial charge on any atom is -0.409 e. The van der Waals surface area contributed by atoms with Gasteiger partial charge in [-0.25, -0.2) is 4.98 Å². The van der Waals surface area contributed by atoms with E-state index >= 15 is 0 Å². The molecular formula is C5H7N5O2. The number of amides is 1. The molecule has 0 atom stereocenters. The van der Waals surface area contributed by atoms with Crippen LogP contribution in [0.25, 0.3) is 0 Å². The van der Waals surface area contributed by atoms with Gasteiger partial charge in [-0.1, -0.05) is 5.16 Å². The molecule has 1 heterocycles. The van der Waals surface area contributed by atoms with Crippen LogP contribution in [0.15, 0.2) is 11.5 Å². The Morgan fingerprint density at radius 2 is 2.33 bits per heavy atom. The van der Waals surface area contributed by atoms with Crippen molar-refractivity contribution >= 4 is 11.7 Å². The molecule has 1 rings (SSSR count). The van der Waals surface area contributed by atoms with Crippen molar-refractivity contribution in [2.45, 2.75) is 0 Å². The van der Waals surface area contributed by atoms with Gasteiger partial charge in [-0.3, -0.25) is 4.79 Å². The minimum absolute atomic E-state index is 0.0188. The summed E-state index contributed by atoms with van der Waals surface area (Å²) >= 11 is 0. The lowest BCUT2D eigenvalue weighted by Crippen LogP contribution is -2.21. The highest BCUT2D eigenvalue weighted by atomic mass is 16.4. The molecule has 1 aromatic rings. The van der Waals surface area contributed by atoms with Crippen LogP contribution in [0, 0.1) is 0 Å². The number of aromatic nitrogens is 2. The fourth-order valence-electron chi connectivity index (χ4n) is 0.724. The van der Waals surface area contributed by atoms with Gasteiger partial charge >= 0.3 is 0 Å². The topological polar surface area (TPSA) is 130 Å². The molecule has 1 amide bonds. The predicted molar refractivity (Wildman–Crippen MR) is 39.6 cm³/mol. The Balaban J connectivity index is 3.16. The summed E-state index contributed by atoms with van der Waals surface area (Å²) in [7, 11) is 0. The maximum absolute atomic E-state index is 10.7. The van der Waals surface area contributed by atoms with Gasteiger partial charge < -0.3 is 21.7 Å². The van der Waals surface area contributed by atoms with Gasteiger partial charge in [0.15, 0.2) is 5.84 Å². The smallest absolute Gasteiger partial charge is 0.267 e. The number of oxime groups is 1. The van der Waals surface area contributed by atoms with Crippen LogP contribution in [0.5, 0.6) is 0 Å². The number of aromatic amines is 1. The highest BCUT2D eigenvalue weighted by Crippen LogP contribution is 2.00. The van der Waals surface area contributed by atoms with Crippen molar-refractivity contribution in [1.82, 2.24) is 9.97 Å². The fraction of sp³-hybridized carbons (Fsp3) is 0. The Morgan fingerprint density at radius 1 is 1.67 bits per heavy atom. The number of imidazole rings is 1. The zero-order valence-electron chi connectivity index (χ0n) is 5.98. The normalized spacial score (nSPS) is 11.5. The first-order valence-corrected chi connectivity index (χ1v) is 2.98. The van der Waals surface area contributed by atoms with Gasteiger partial charge in [0.1, 0.15) is 11.4 Å². The third-order valence-electron chi connectivity index (χ3n) is 1.24. The largest absolute Gasteiger partial charge is 0.409 e. The van der Waals surface area contributed by atoms with Crippen LogP contribution in [-0.2, 0) is 0 Å². The Kier molecular flexibility index (Phi) is 1.95. The molecule has 0 saturated carbocycles. The Labute approximate surface area is 67.1 Å². The van der Waals surface area contributed by atoms with Crippen LogP contribution in [0.4, 0.5) is 0 Å². The number of carbonyl (C=O) groups excluding carboxylic acids is 1. The molecule has 64 valence electrons. The first kappa shape index (κ1) is 8.05. The number of nitrogens with one attached hydrogen (secondary N) is 1. The molecule has 0 saturated heterocycles. The zero-order valence-corrected chi connectivity index (χ0v) is 5.98. The number of hydrogen-bond donors (Lipinski definition) is 4. The Hall–Kier alpha value is -2.05. The first-order chi connectivity index (χ1) is 5.66. The van der Waals surface area contributed by atoms with Gasteiger partial charge in [-0.2, -0.15) is 0 Å². The number of nitrogens with zero attached hydrogens (tertiary/aromatic N) is 2. The summed E-state index contributed by atoms with van der Waals surface area (Å²) < 4.78 is 0. The van der Waals surface area contributed by atoms with Crippen LogP contribution in [0.3, 0.4) is 0 Å². The molecule has 7 nitrogen and oxygen atoms in total. The molecule has 0 bridgehead atoms. The Morgan fingerprint density at radius 3 is 2.83 bits per heavy atom. The average Bonchev–Trinajstić information content (AvgIpc) is 2.50. The zero-order chi connectivity index (χ0) is 9.14. The molecule has 0 fully saturated rings. The SMILES string of the molecule is NC(=O)c1[nH]cnc1C(N)=NO. The highest BCUT2D eigenvalue weighted by Gasteiger charge is 2.13. The second-order valence-corrected chi connectivity index (χ2v) is 1.98. The van der Waals surface area contributed by atoms with Gasteiger partial charge in [-0.15, -0.1) is 0 Å². The van der Waals surface area contributed by atoms with E-state index in [-0.39, 0.29) is 17.2 Å². The van der Waals surface area contributed by atoms with Crippen molar-refractivity contribution in [2.75, 3.05) is 0 Å². The minimum atomic E-state index is -0.714. The summed E-state index contributed by atoms with van der Waals surface area (Å²) in [6.45, 7) is 0. The number of nitrogens with two attached hydrogens (primary N) is 2. The maximum Gasteiger partial charge on any atom is 0.267 e. The lowest BCUT2D eigenvalue weighted by Gasteiger charge is -1.94. The summed E-state index contributed by atoms with van der Waals surface area (Å²) in [5, 5.41) is 10.9. The van der Waals surface area contributed by atoms with E-state index in [0.717, 1.165) is 0 Å². The predicted octanol–water partition coefficient (Wildman–Crippen LogP) is -1.40. The van der Waals surface area contributed by atoms with Gasteiger partial charge in [0.25, 0.3) is 5.91 Å². The van der Waals surface area contributed by atoms with Crippen LogP contribution < -0.4 is 11.5 Å². The molecule has 0 aliphatic rings. The Bertz CT molecular complexity index is 328. The van der Waals surface area contributed by atoms with Crippen LogP contribution >= 0.6 is 0 Å². The monoisotopic (exact) mass is 169 g/mol.